The predicted molar refractivity (Wildman–Crippen MR) is 114 cm³/mol. The molecule has 2 nitrogen and oxygen atoms in total. The molecule has 0 unspecified atom stereocenters. The standard InChI is InChI=1S/C24H22F4O2S/c1-23(2,18-6-12-22(13-7-18)31-24(26,27)28)16-29-15-17-4-3-5-21(14-17)30-20-10-8-19(25)9-11-20/h3-14H,15-16H2,1-2H3. The van der Waals surface area contributed by atoms with Crippen LogP contribution in [0.2, 0.25) is 0 Å². The van der Waals surface area contributed by atoms with Gasteiger partial charge in [-0.2, -0.15) is 13.2 Å². The Labute approximate surface area is 183 Å². The molecule has 0 atom stereocenters. The van der Waals surface area contributed by atoms with Gasteiger partial charge in [-0.05, 0) is 71.4 Å². The molecular weight excluding hydrogens is 428 g/mol. The molecule has 0 saturated carbocycles. The topological polar surface area (TPSA) is 18.5 Å². The van der Waals surface area contributed by atoms with E-state index in [2.05, 4.69) is 0 Å². The minimum Gasteiger partial charge on any atom is -0.457 e. The van der Waals surface area contributed by atoms with E-state index in [9.17, 15) is 17.6 Å². The third-order valence-electron chi connectivity index (χ3n) is 4.55. The van der Waals surface area contributed by atoms with Crippen LogP contribution in [-0.2, 0) is 16.8 Å². The molecule has 0 aliphatic carbocycles. The number of ether oxygens (including phenoxy) is 2. The van der Waals surface area contributed by atoms with Gasteiger partial charge >= 0.3 is 5.51 Å². The third-order valence-corrected chi connectivity index (χ3v) is 5.29. The van der Waals surface area contributed by atoms with Crippen molar-refractivity contribution < 1.29 is 27.0 Å². The summed E-state index contributed by atoms with van der Waals surface area (Å²) in [5.74, 6) is 0.823. The number of thioether (sulfide) groups is 1. The van der Waals surface area contributed by atoms with Gasteiger partial charge in [0.1, 0.15) is 17.3 Å². The highest BCUT2D eigenvalue weighted by atomic mass is 32.2. The molecule has 0 saturated heterocycles. The van der Waals surface area contributed by atoms with Gasteiger partial charge in [0, 0.05) is 10.3 Å². The number of hydrogen-bond acceptors (Lipinski definition) is 3. The Morgan fingerprint density at radius 2 is 1.52 bits per heavy atom. The minimum atomic E-state index is -4.30. The van der Waals surface area contributed by atoms with Crippen LogP contribution in [0.1, 0.15) is 25.0 Å². The van der Waals surface area contributed by atoms with E-state index in [4.69, 9.17) is 9.47 Å². The maximum atomic E-state index is 13.0. The van der Waals surface area contributed by atoms with Gasteiger partial charge < -0.3 is 9.47 Å². The Bertz CT molecular complexity index is 984. The highest BCUT2D eigenvalue weighted by Gasteiger charge is 2.29. The SMILES string of the molecule is CC(C)(COCc1cccc(Oc2ccc(F)cc2)c1)c1ccc(SC(F)(F)F)cc1. The lowest BCUT2D eigenvalue weighted by molar-refractivity contribution is -0.0328. The molecule has 0 amide bonds. The number of rotatable bonds is 8. The second-order valence-electron chi connectivity index (χ2n) is 7.65. The van der Waals surface area contributed by atoms with E-state index in [1.54, 1.807) is 30.3 Å². The lowest BCUT2D eigenvalue weighted by atomic mass is 9.86. The molecule has 0 heterocycles. The number of halogens is 4. The van der Waals surface area contributed by atoms with Crippen LogP contribution >= 0.6 is 11.8 Å². The maximum absolute atomic E-state index is 13.0. The molecule has 31 heavy (non-hydrogen) atoms. The molecule has 0 bridgehead atoms. The van der Waals surface area contributed by atoms with Gasteiger partial charge in [-0.3, -0.25) is 0 Å². The summed E-state index contributed by atoms with van der Waals surface area (Å²) in [6, 6.07) is 19.5. The summed E-state index contributed by atoms with van der Waals surface area (Å²) in [6.45, 7) is 4.70. The van der Waals surface area contributed by atoms with E-state index in [1.165, 1.54) is 24.3 Å². The van der Waals surface area contributed by atoms with Crippen molar-refractivity contribution in [2.45, 2.75) is 36.3 Å². The van der Waals surface area contributed by atoms with Crippen molar-refractivity contribution in [1.29, 1.82) is 0 Å². The summed E-state index contributed by atoms with van der Waals surface area (Å²) in [6.07, 6.45) is 0. The molecule has 0 radical (unpaired) electrons. The maximum Gasteiger partial charge on any atom is 0.446 e. The normalized spacial score (nSPS) is 12.1. The van der Waals surface area contributed by atoms with Crippen LogP contribution in [0, 0.1) is 5.82 Å². The third kappa shape index (κ3) is 7.29. The summed E-state index contributed by atoms with van der Waals surface area (Å²) in [7, 11) is 0. The Kier molecular flexibility index (Phi) is 7.28. The van der Waals surface area contributed by atoms with E-state index in [0.717, 1.165) is 11.1 Å². The fourth-order valence-corrected chi connectivity index (χ4v) is 3.49. The van der Waals surface area contributed by atoms with Crippen LogP contribution in [0.5, 0.6) is 11.5 Å². The average Bonchev–Trinajstić information content (AvgIpc) is 2.69. The van der Waals surface area contributed by atoms with Crippen LogP contribution in [0.4, 0.5) is 17.6 Å². The molecule has 3 rings (SSSR count). The molecular formula is C24H22F4O2S. The fraction of sp³-hybridized carbons (Fsp3) is 0.250. The van der Waals surface area contributed by atoms with Gasteiger partial charge in [-0.15, -0.1) is 0 Å². The van der Waals surface area contributed by atoms with Gasteiger partial charge in [-0.25, -0.2) is 4.39 Å². The second kappa shape index (κ2) is 9.75. The summed E-state index contributed by atoms with van der Waals surface area (Å²) < 4.78 is 62.1. The summed E-state index contributed by atoms with van der Waals surface area (Å²) in [5.41, 5.74) is -2.86. The predicted octanol–water partition coefficient (Wildman–Crippen LogP) is 7.72. The van der Waals surface area contributed by atoms with Crippen LogP contribution < -0.4 is 4.74 Å². The summed E-state index contributed by atoms with van der Waals surface area (Å²) >= 11 is -0.124. The molecule has 0 aliphatic rings. The summed E-state index contributed by atoms with van der Waals surface area (Å²) in [4.78, 5) is 0.158. The Balaban J connectivity index is 1.55. The Morgan fingerprint density at radius 3 is 2.16 bits per heavy atom. The largest absolute Gasteiger partial charge is 0.457 e. The van der Waals surface area contributed by atoms with Crippen molar-refractivity contribution in [3.05, 3.63) is 89.7 Å². The van der Waals surface area contributed by atoms with Crippen LogP contribution in [0.15, 0.2) is 77.7 Å². The molecule has 3 aromatic rings. The second-order valence-corrected chi connectivity index (χ2v) is 8.79. The van der Waals surface area contributed by atoms with Crippen LogP contribution in [0.3, 0.4) is 0 Å². The zero-order valence-corrected chi connectivity index (χ0v) is 17.9. The highest BCUT2D eigenvalue weighted by molar-refractivity contribution is 8.00. The number of benzene rings is 3. The van der Waals surface area contributed by atoms with E-state index in [0.29, 0.717) is 24.7 Å². The first kappa shape index (κ1) is 23.2. The lowest BCUT2D eigenvalue weighted by Crippen LogP contribution is -2.24. The highest BCUT2D eigenvalue weighted by Crippen LogP contribution is 2.37. The quantitative estimate of drug-likeness (QED) is 0.258. The van der Waals surface area contributed by atoms with Crippen molar-refractivity contribution >= 4 is 11.8 Å². The van der Waals surface area contributed by atoms with Crippen molar-refractivity contribution in [2.24, 2.45) is 0 Å². The smallest absolute Gasteiger partial charge is 0.446 e. The van der Waals surface area contributed by atoms with E-state index >= 15 is 0 Å². The van der Waals surface area contributed by atoms with Gasteiger partial charge in [0.05, 0.1) is 13.2 Å². The Morgan fingerprint density at radius 1 is 0.839 bits per heavy atom. The zero-order chi connectivity index (χ0) is 22.5. The first-order valence-corrected chi connectivity index (χ1v) is 10.4. The van der Waals surface area contributed by atoms with Gasteiger partial charge in [-0.1, -0.05) is 38.1 Å². The van der Waals surface area contributed by atoms with Crippen molar-refractivity contribution in [3.63, 3.8) is 0 Å². The molecule has 0 spiro atoms. The average molecular weight is 450 g/mol. The number of hydrogen-bond donors (Lipinski definition) is 0. The molecule has 7 heteroatoms. The van der Waals surface area contributed by atoms with E-state index in [-0.39, 0.29) is 27.9 Å². The lowest BCUT2D eigenvalue weighted by Gasteiger charge is -2.25. The summed E-state index contributed by atoms with van der Waals surface area (Å²) in [5, 5.41) is 0. The van der Waals surface area contributed by atoms with Crippen molar-refractivity contribution in [1.82, 2.24) is 0 Å². The molecule has 164 valence electrons. The van der Waals surface area contributed by atoms with Crippen LogP contribution in [-0.4, -0.2) is 12.1 Å². The molecule has 3 aromatic carbocycles. The zero-order valence-electron chi connectivity index (χ0n) is 17.1. The monoisotopic (exact) mass is 450 g/mol. The van der Waals surface area contributed by atoms with Crippen LogP contribution in [0.25, 0.3) is 0 Å². The van der Waals surface area contributed by atoms with E-state index < -0.39 is 5.51 Å². The van der Waals surface area contributed by atoms with Gasteiger partial charge in [0.2, 0.25) is 0 Å². The first-order chi connectivity index (χ1) is 14.6. The number of alkyl halides is 3. The van der Waals surface area contributed by atoms with Gasteiger partial charge in [0.15, 0.2) is 0 Å². The molecule has 0 aromatic heterocycles. The van der Waals surface area contributed by atoms with Gasteiger partial charge in [0.25, 0.3) is 0 Å². The van der Waals surface area contributed by atoms with Crippen molar-refractivity contribution in [3.8, 4) is 11.5 Å². The molecule has 0 fully saturated rings. The molecule has 0 N–H and O–H groups in total. The minimum absolute atomic E-state index is 0.124. The fourth-order valence-electron chi connectivity index (χ4n) is 2.95. The van der Waals surface area contributed by atoms with Crippen molar-refractivity contribution in [2.75, 3.05) is 6.61 Å². The van der Waals surface area contributed by atoms with E-state index in [1.807, 2.05) is 32.0 Å². The Hall–Kier alpha value is -2.51. The first-order valence-electron chi connectivity index (χ1n) is 9.57. The molecule has 0 aliphatic heterocycles.